The predicted molar refractivity (Wildman–Crippen MR) is 82.8 cm³/mol. The normalized spacial score (nSPS) is 22.3. The second-order valence-electron chi connectivity index (χ2n) is 6.21. The van der Waals surface area contributed by atoms with Crippen molar-refractivity contribution in [2.24, 2.45) is 0 Å². The number of nitro groups is 1. The molecule has 2 heterocycles. The van der Waals surface area contributed by atoms with E-state index in [0.29, 0.717) is 19.1 Å². The van der Waals surface area contributed by atoms with Crippen LogP contribution < -0.4 is 0 Å². The van der Waals surface area contributed by atoms with Crippen molar-refractivity contribution in [1.29, 1.82) is 0 Å². The first-order valence-corrected chi connectivity index (χ1v) is 8.03. The fraction of sp³-hybridized carbons (Fsp3) is 0.562. The first-order chi connectivity index (χ1) is 11.1. The number of carbonyl (C=O) groups excluding carboxylic acids is 1. The van der Waals surface area contributed by atoms with E-state index in [0.717, 1.165) is 32.0 Å². The number of piperidine rings is 1. The minimum atomic E-state index is -0.826. The second-order valence-corrected chi connectivity index (χ2v) is 6.21. The summed E-state index contributed by atoms with van der Waals surface area (Å²) >= 11 is 0. The first kappa shape index (κ1) is 15.9. The second kappa shape index (κ2) is 6.62. The van der Waals surface area contributed by atoms with Gasteiger partial charge in [-0.2, -0.15) is 0 Å². The van der Waals surface area contributed by atoms with Crippen LogP contribution in [0, 0.1) is 15.9 Å². The summed E-state index contributed by atoms with van der Waals surface area (Å²) in [5, 5.41) is 10.7. The summed E-state index contributed by atoms with van der Waals surface area (Å²) in [6.45, 7) is 3.35. The molecular formula is C16H20FN3O3. The van der Waals surface area contributed by atoms with Gasteiger partial charge in [-0.25, -0.2) is 4.39 Å². The lowest BCUT2D eigenvalue weighted by atomic mass is 10.0. The molecule has 0 aliphatic carbocycles. The summed E-state index contributed by atoms with van der Waals surface area (Å²) in [7, 11) is 0. The highest BCUT2D eigenvalue weighted by molar-refractivity contribution is 5.94. The number of likely N-dealkylation sites (tertiary alicyclic amines) is 2. The lowest BCUT2D eigenvalue weighted by Crippen LogP contribution is -2.49. The Labute approximate surface area is 134 Å². The van der Waals surface area contributed by atoms with Crippen molar-refractivity contribution in [3.63, 3.8) is 0 Å². The van der Waals surface area contributed by atoms with E-state index in [1.807, 2.05) is 0 Å². The fourth-order valence-electron chi connectivity index (χ4n) is 3.51. The smallest absolute Gasteiger partial charge is 0.272 e. The third-order valence-corrected chi connectivity index (χ3v) is 4.73. The van der Waals surface area contributed by atoms with E-state index in [1.54, 1.807) is 4.90 Å². The molecule has 0 aromatic heterocycles. The zero-order chi connectivity index (χ0) is 16.4. The van der Waals surface area contributed by atoms with Gasteiger partial charge in [0.05, 0.1) is 16.6 Å². The van der Waals surface area contributed by atoms with Gasteiger partial charge in [-0.1, -0.05) is 0 Å². The van der Waals surface area contributed by atoms with Crippen molar-refractivity contribution in [1.82, 2.24) is 9.80 Å². The van der Waals surface area contributed by atoms with Crippen LogP contribution in [-0.4, -0.2) is 52.9 Å². The van der Waals surface area contributed by atoms with Crippen molar-refractivity contribution >= 4 is 11.6 Å². The monoisotopic (exact) mass is 321 g/mol. The van der Waals surface area contributed by atoms with Crippen LogP contribution in [-0.2, 0) is 0 Å². The van der Waals surface area contributed by atoms with E-state index in [9.17, 15) is 19.3 Å². The lowest BCUT2D eigenvalue weighted by molar-refractivity contribution is -0.385. The van der Waals surface area contributed by atoms with Crippen LogP contribution in [0.4, 0.5) is 10.1 Å². The molecule has 1 aromatic carbocycles. The Morgan fingerprint density at radius 2 is 1.96 bits per heavy atom. The molecule has 0 bridgehead atoms. The van der Waals surface area contributed by atoms with Gasteiger partial charge in [0.15, 0.2) is 0 Å². The molecule has 2 aliphatic heterocycles. The molecule has 2 fully saturated rings. The van der Waals surface area contributed by atoms with E-state index in [2.05, 4.69) is 4.90 Å². The van der Waals surface area contributed by atoms with Gasteiger partial charge >= 0.3 is 0 Å². The predicted octanol–water partition coefficient (Wildman–Crippen LogP) is 2.43. The van der Waals surface area contributed by atoms with Crippen LogP contribution in [0.25, 0.3) is 0 Å². The Balaban J connectivity index is 1.73. The summed E-state index contributed by atoms with van der Waals surface area (Å²) in [6, 6.07) is 3.55. The van der Waals surface area contributed by atoms with Crippen LogP contribution in [0.2, 0.25) is 0 Å². The Kier molecular flexibility index (Phi) is 4.56. The third kappa shape index (κ3) is 3.34. The Hall–Kier alpha value is -2.02. The summed E-state index contributed by atoms with van der Waals surface area (Å²) < 4.78 is 14.1. The van der Waals surface area contributed by atoms with Crippen LogP contribution in [0.3, 0.4) is 0 Å². The lowest BCUT2D eigenvalue weighted by Gasteiger charge is -2.37. The van der Waals surface area contributed by atoms with Crippen molar-refractivity contribution in [2.75, 3.05) is 26.2 Å². The van der Waals surface area contributed by atoms with Gasteiger partial charge in [0, 0.05) is 25.2 Å². The molecule has 124 valence electrons. The quantitative estimate of drug-likeness (QED) is 0.633. The van der Waals surface area contributed by atoms with Gasteiger partial charge in [-0.15, -0.1) is 0 Å². The van der Waals surface area contributed by atoms with Crippen LogP contribution in [0.1, 0.15) is 36.0 Å². The Bertz CT molecular complexity index is 617. The SMILES string of the molecule is O=C(c1ccc([N+](=O)[O-])cc1F)N1CCCC(N2CCCC2)C1. The highest BCUT2D eigenvalue weighted by Crippen LogP contribution is 2.23. The first-order valence-electron chi connectivity index (χ1n) is 8.03. The maximum absolute atomic E-state index is 14.1. The van der Waals surface area contributed by atoms with Gasteiger partial charge in [0.25, 0.3) is 11.6 Å². The topological polar surface area (TPSA) is 66.7 Å². The van der Waals surface area contributed by atoms with Crippen LogP contribution in [0.15, 0.2) is 18.2 Å². The molecule has 2 aliphatic rings. The Morgan fingerprint density at radius 1 is 1.22 bits per heavy atom. The highest BCUT2D eigenvalue weighted by atomic mass is 19.1. The number of nitrogens with zero attached hydrogens (tertiary/aromatic N) is 3. The molecule has 0 spiro atoms. The van der Waals surface area contributed by atoms with Crippen molar-refractivity contribution in [2.45, 2.75) is 31.7 Å². The van der Waals surface area contributed by atoms with E-state index in [1.165, 1.54) is 25.0 Å². The molecule has 3 rings (SSSR count). The van der Waals surface area contributed by atoms with E-state index < -0.39 is 10.7 Å². The summed E-state index contributed by atoms with van der Waals surface area (Å²) in [5.74, 6) is -1.20. The summed E-state index contributed by atoms with van der Waals surface area (Å²) in [5.41, 5.74) is -0.426. The molecule has 23 heavy (non-hydrogen) atoms. The van der Waals surface area contributed by atoms with E-state index in [4.69, 9.17) is 0 Å². The third-order valence-electron chi connectivity index (χ3n) is 4.73. The average molecular weight is 321 g/mol. The molecule has 1 aromatic rings. The number of benzene rings is 1. The van der Waals surface area contributed by atoms with Gasteiger partial charge in [0.1, 0.15) is 5.82 Å². The van der Waals surface area contributed by atoms with Gasteiger partial charge in [0.2, 0.25) is 0 Å². The molecule has 2 saturated heterocycles. The number of rotatable bonds is 3. The number of carbonyl (C=O) groups is 1. The molecule has 6 nitrogen and oxygen atoms in total. The van der Waals surface area contributed by atoms with Crippen molar-refractivity contribution < 1.29 is 14.1 Å². The minimum Gasteiger partial charge on any atom is -0.337 e. The van der Waals surface area contributed by atoms with Crippen molar-refractivity contribution in [3.05, 3.63) is 39.7 Å². The summed E-state index contributed by atoms with van der Waals surface area (Å²) in [6.07, 6.45) is 4.36. The molecule has 0 N–H and O–H groups in total. The number of hydrogen-bond donors (Lipinski definition) is 0. The highest BCUT2D eigenvalue weighted by Gasteiger charge is 2.30. The minimum absolute atomic E-state index is 0.0855. The maximum atomic E-state index is 14.1. The molecule has 1 amide bonds. The Morgan fingerprint density at radius 3 is 2.61 bits per heavy atom. The van der Waals surface area contributed by atoms with Crippen molar-refractivity contribution in [3.8, 4) is 0 Å². The van der Waals surface area contributed by atoms with Gasteiger partial charge < -0.3 is 4.90 Å². The molecule has 0 saturated carbocycles. The molecule has 1 atom stereocenters. The van der Waals surface area contributed by atoms with E-state index >= 15 is 0 Å². The maximum Gasteiger partial charge on any atom is 0.272 e. The van der Waals surface area contributed by atoms with Crippen LogP contribution >= 0.6 is 0 Å². The van der Waals surface area contributed by atoms with Gasteiger partial charge in [-0.3, -0.25) is 19.8 Å². The number of nitro benzene ring substituents is 1. The number of halogens is 1. The van der Waals surface area contributed by atoms with Crippen LogP contribution in [0.5, 0.6) is 0 Å². The zero-order valence-corrected chi connectivity index (χ0v) is 12.9. The summed E-state index contributed by atoms with van der Waals surface area (Å²) in [4.78, 5) is 26.6. The molecule has 0 radical (unpaired) electrons. The number of hydrogen-bond acceptors (Lipinski definition) is 4. The standard InChI is InChI=1S/C16H20FN3O3/c17-15-10-12(20(22)23)5-6-14(15)16(21)19-9-3-4-13(11-19)18-7-1-2-8-18/h5-6,10,13H,1-4,7-9,11H2. The number of amides is 1. The zero-order valence-electron chi connectivity index (χ0n) is 12.9. The average Bonchev–Trinajstić information content (AvgIpc) is 3.08. The van der Waals surface area contributed by atoms with E-state index in [-0.39, 0.29) is 17.2 Å². The fourth-order valence-corrected chi connectivity index (χ4v) is 3.51. The number of non-ortho nitro benzene ring substituents is 1. The van der Waals surface area contributed by atoms with Gasteiger partial charge in [-0.05, 0) is 44.8 Å². The molecule has 1 unspecified atom stereocenters. The largest absolute Gasteiger partial charge is 0.337 e. The molecule has 7 heteroatoms. The molecular weight excluding hydrogens is 301 g/mol.